The number of nitrogens with one attached hydrogen (secondary N) is 1. The fourth-order valence-corrected chi connectivity index (χ4v) is 2.40. The van der Waals surface area contributed by atoms with Crippen LogP contribution in [0.15, 0.2) is 18.2 Å². The molecule has 0 saturated heterocycles. The topological polar surface area (TPSA) is 50.7 Å². The fraction of sp³-hybridized carbons (Fsp3) is 0.571. The maximum absolute atomic E-state index is 9.97. The summed E-state index contributed by atoms with van der Waals surface area (Å²) in [7, 11) is 3.27. The van der Waals surface area contributed by atoms with Crippen LogP contribution in [0.1, 0.15) is 25.7 Å². The lowest BCUT2D eigenvalue weighted by atomic mass is 9.92. The maximum atomic E-state index is 9.97. The lowest BCUT2D eigenvalue weighted by Gasteiger charge is -2.29. The Morgan fingerprint density at radius 2 is 1.94 bits per heavy atom. The highest BCUT2D eigenvalue weighted by atomic mass is 16.5. The Morgan fingerprint density at radius 3 is 2.61 bits per heavy atom. The van der Waals surface area contributed by atoms with Crippen LogP contribution in [0.3, 0.4) is 0 Å². The Balaban J connectivity index is 2.12. The van der Waals surface area contributed by atoms with Gasteiger partial charge in [0, 0.05) is 6.07 Å². The third-order valence-corrected chi connectivity index (χ3v) is 3.48. The zero-order valence-electron chi connectivity index (χ0n) is 11.0. The average Bonchev–Trinajstić information content (AvgIpc) is 2.41. The standard InChI is InChI=1S/C14H21NO3/c1-17-10-7-8-12(14(9-10)18-2)15-11-5-3-4-6-13(11)16/h7-9,11,13,15-16H,3-6H2,1-2H3. The number of ether oxygens (including phenoxy) is 2. The van der Waals surface area contributed by atoms with Gasteiger partial charge in [0.25, 0.3) is 0 Å². The molecule has 0 heterocycles. The van der Waals surface area contributed by atoms with Crippen molar-refractivity contribution in [3.8, 4) is 11.5 Å². The summed E-state index contributed by atoms with van der Waals surface area (Å²) in [5.41, 5.74) is 0.907. The van der Waals surface area contributed by atoms with E-state index in [0.29, 0.717) is 0 Å². The number of rotatable bonds is 4. The third kappa shape index (κ3) is 2.88. The molecule has 1 aromatic rings. The second kappa shape index (κ2) is 5.96. The number of benzene rings is 1. The van der Waals surface area contributed by atoms with Crippen LogP contribution in [0, 0.1) is 0 Å². The average molecular weight is 251 g/mol. The minimum Gasteiger partial charge on any atom is -0.497 e. The molecule has 1 aromatic carbocycles. The predicted octanol–water partition coefficient (Wildman–Crippen LogP) is 2.42. The Labute approximate surface area is 108 Å². The van der Waals surface area contributed by atoms with Gasteiger partial charge in [-0.3, -0.25) is 0 Å². The molecular weight excluding hydrogens is 230 g/mol. The number of hydrogen-bond acceptors (Lipinski definition) is 4. The van der Waals surface area contributed by atoms with E-state index in [9.17, 15) is 5.11 Å². The van der Waals surface area contributed by atoms with Crippen molar-refractivity contribution in [2.24, 2.45) is 0 Å². The molecular formula is C14H21NO3. The number of anilines is 1. The van der Waals surface area contributed by atoms with E-state index in [-0.39, 0.29) is 12.1 Å². The van der Waals surface area contributed by atoms with E-state index >= 15 is 0 Å². The molecule has 0 amide bonds. The molecule has 2 N–H and O–H groups in total. The lowest BCUT2D eigenvalue weighted by Crippen LogP contribution is -2.36. The van der Waals surface area contributed by atoms with Crippen molar-refractivity contribution < 1.29 is 14.6 Å². The molecule has 4 heteroatoms. The number of aliphatic hydroxyl groups excluding tert-OH is 1. The van der Waals surface area contributed by atoms with Crippen molar-refractivity contribution in [3.63, 3.8) is 0 Å². The van der Waals surface area contributed by atoms with E-state index in [1.54, 1.807) is 14.2 Å². The third-order valence-electron chi connectivity index (χ3n) is 3.48. The quantitative estimate of drug-likeness (QED) is 0.863. The zero-order chi connectivity index (χ0) is 13.0. The molecule has 0 aliphatic heterocycles. The van der Waals surface area contributed by atoms with E-state index in [4.69, 9.17) is 9.47 Å². The first kappa shape index (κ1) is 13.0. The van der Waals surface area contributed by atoms with Gasteiger partial charge < -0.3 is 19.9 Å². The molecule has 0 radical (unpaired) electrons. The molecule has 4 nitrogen and oxygen atoms in total. The van der Waals surface area contributed by atoms with Crippen molar-refractivity contribution >= 4 is 5.69 Å². The van der Waals surface area contributed by atoms with E-state index in [1.165, 1.54) is 0 Å². The first-order valence-electron chi connectivity index (χ1n) is 6.41. The van der Waals surface area contributed by atoms with Gasteiger partial charge >= 0.3 is 0 Å². The summed E-state index contributed by atoms with van der Waals surface area (Å²) in [6, 6.07) is 5.78. The van der Waals surface area contributed by atoms with Crippen molar-refractivity contribution in [3.05, 3.63) is 18.2 Å². The Hall–Kier alpha value is -1.42. The van der Waals surface area contributed by atoms with Crippen LogP contribution in [0.4, 0.5) is 5.69 Å². The molecule has 0 spiro atoms. The van der Waals surface area contributed by atoms with E-state index in [2.05, 4.69) is 5.32 Å². The van der Waals surface area contributed by atoms with E-state index in [1.807, 2.05) is 18.2 Å². The first-order valence-corrected chi connectivity index (χ1v) is 6.41. The molecule has 18 heavy (non-hydrogen) atoms. The van der Waals surface area contributed by atoms with Crippen LogP contribution >= 0.6 is 0 Å². The molecule has 0 aromatic heterocycles. The van der Waals surface area contributed by atoms with Crippen molar-refractivity contribution in [2.75, 3.05) is 19.5 Å². The monoisotopic (exact) mass is 251 g/mol. The Morgan fingerprint density at radius 1 is 1.17 bits per heavy atom. The van der Waals surface area contributed by atoms with Crippen LogP contribution in [0.2, 0.25) is 0 Å². The Kier molecular flexibility index (Phi) is 4.31. The number of hydrogen-bond donors (Lipinski definition) is 2. The first-order chi connectivity index (χ1) is 8.74. The maximum Gasteiger partial charge on any atom is 0.145 e. The molecule has 0 bridgehead atoms. The van der Waals surface area contributed by atoms with Gasteiger partial charge in [0.2, 0.25) is 0 Å². The van der Waals surface area contributed by atoms with E-state index in [0.717, 1.165) is 42.9 Å². The van der Waals surface area contributed by atoms with Gasteiger partial charge in [-0.2, -0.15) is 0 Å². The highest BCUT2D eigenvalue weighted by Crippen LogP contribution is 2.31. The van der Waals surface area contributed by atoms with Crippen LogP contribution < -0.4 is 14.8 Å². The summed E-state index contributed by atoms with van der Waals surface area (Å²) < 4.78 is 10.5. The van der Waals surface area contributed by atoms with Crippen LogP contribution in [0.25, 0.3) is 0 Å². The Bertz CT molecular complexity index is 395. The normalized spacial score (nSPS) is 23.5. The summed E-state index contributed by atoms with van der Waals surface area (Å²) >= 11 is 0. The summed E-state index contributed by atoms with van der Waals surface area (Å²) in [6.07, 6.45) is 3.87. The minimum absolute atomic E-state index is 0.112. The fourth-order valence-electron chi connectivity index (χ4n) is 2.40. The van der Waals surface area contributed by atoms with Crippen molar-refractivity contribution in [1.82, 2.24) is 0 Å². The van der Waals surface area contributed by atoms with Gasteiger partial charge in [0.15, 0.2) is 0 Å². The van der Waals surface area contributed by atoms with Crippen LogP contribution in [-0.4, -0.2) is 31.5 Å². The highest BCUT2D eigenvalue weighted by Gasteiger charge is 2.23. The van der Waals surface area contributed by atoms with Gasteiger partial charge in [-0.05, 0) is 25.0 Å². The van der Waals surface area contributed by atoms with Crippen molar-refractivity contribution in [2.45, 2.75) is 37.8 Å². The SMILES string of the molecule is COc1ccc(NC2CCCCC2O)c(OC)c1. The van der Waals surface area contributed by atoms with Gasteiger partial charge in [-0.15, -0.1) is 0 Å². The molecule has 1 fully saturated rings. The minimum atomic E-state index is -0.273. The summed E-state index contributed by atoms with van der Waals surface area (Å²) in [5.74, 6) is 1.51. The molecule has 1 aliphatic carbocycles. The van der Waals surface area contributed by atoms with Gasteiger partial charge in [-0.1, -0.05) is 12.8 Å². The van der Waals surface area contributed by atoms with Gasteiger partial charge in [-0.25, -0.2) is 0 Å². The molecule has 100 valence electrons. The summed E-state index contributed by atoms with van der Waals surface area (Å²) in [4.78, 5) is 0. The number of aliphatic hydroxyl groups is 1. The molecule has 1 saturated carbocycles. The highest BCUT2D eigenvalue weighted by molar-refractivity contribution is 5.59. The second-order valence-corrected chi connectivity index (χ2v) is 4.67. The predicted molar refractivity (Wildman–Crippen MR) is 71.4 cm³/mol. The van der Waals surface area contributed by atoms with E-state index < -0.39 is 0 Å². The summed E-state index contributed by atoms with van der Waals surface area (Å²) in [6.45, 7) is 0. The molecule has 2 rings (SSSR count). The summed E-state index contributed by atoms with van der Waals surface area (Å²) in [5, 5.41) is 13.3. The molecule has 2 atom stereocenters. The van der Waals surface area contributed by atoms with Crippen molar-refractivity contribution in [1.29, 1.82) is 0 Å². The van der Waals surface area contributed by atoms with Gasteiger partial charge in [0.05, 0.1) is 32.1 Å². The largest absolute Gasteiger partial charge is 0.497 e. The second-order valence-electron chi connectivity index (χ2n) is 4.67. The van der Waals surface area contributed by atoms with Crippen LogP contribution in [-0.2, 0) is 0 Å². The lowest BCUT2D eigenvalue weighted by molar-refractivity contribution is 0.116. The zero-order valence-corrected chi connectivity index (χ0v) is 11.0. The number of methoxy groups -OCH3 is 2. The molecule has 2 unspecified atom stereocenters. The van der Waals surface area contributed by atoms with Crippen LogP contribution in [0.5, 0.6) is 11.5 Å². The smallest absolute Gasteiger partial charge is 0.145 e. The molecule has 1 aliphatic rings. The van der Waals surface area contributed by atoms with Gasteiger partial charge in [0.1, 0.15) is 11.5 Å².